The van der Waals surface area contributed by atoms with E-state index < -0.39 is 0 Å². The van der Waals surface area contributed by atoms with Gasteiger partial charge in [-0.2, -0.15) is 0 Å². The molecule has 48 valence electrons. The molecule has 1 heterocycles. The zero-order chi connectivity index (χ0) is 6.85. The zero-order valence-corrected chi connectivity index (χ0v) is 6.59. The molecule has 1 N–H and O–H groups in total. The quantitative estimate of drug-likeness (QED) is 0.371. The van der Waals surface area contributed by atoms with Crippen LogP contribution < -0.4 is 4.73 Å². The van der Waals surface area contributed by atoms with Crippen molar-refractivity contribution in [3.63, 3.8) is 0 Å². The van der Waals surface area contributed by atoms with Crippen molar-refractivity contribution < 1.29 is 9.94 Å². The highest BCUT2D eigenvalue weighted by atomic mass is 79.9. The number of halogens is 1. The summed E-state index contributed by atoms with van der Waals surface area (Å²) < 4.78 is 1.74. The molecule has 0 atom stereocenters. The van der Waals surface area contributed by atoms with Crippen LogP contribution in [0.3, 0.4) is 0 Å². The van der Waals surface area contributed by atoms with E-state index in [4.69, 9.17) is 5.21 Å². The molecule has 0 unspecified atom stereocenters. The molecule has 0 aromatic carbocycles. The van der Waals surface area contributed by atoms with Crippen molar-refractivity contribution in [2.75, 3.05) is 0 Å². The average molecular weight is 189 g/mol. The third-order valence-electron chi connectivity index (χ3n) is 1.10. The smallest absolute Gasteiger partial charge is 0.284 e. The minimum absolute atomic E-state index is 0.699. The van der Waals surface area contributed by atoms with Gasteiger partial charge in [-0.25, -0.2) is 0 Å². The number of hydrogen-bond acceptors (Lipinski definition) is 1. The molecule has 0 aliphatic carbocycles. The number of nitrogens with zero attached hydrogens (tertiary/aromatic N) is 1. The molecule has 9 heavy (non-hydrogen) atoms. The summed E-state index contributed by atoms with van der Waals surface area (Å²) in [6.45, 7) is 1.91. The maximum Gasteiger partial charge on any atom is 0.301 e. The molecule has 0 bridgehead atoms. The van der Waals surface area contributed by atoms with Gasteiger partial charge in [0, 0.05) is 32.3 Å². The third-order valence-corrected chi connectivity index (χ3v) is 2.09. The van der Waals surface area contributed by atoms with E-state index >= 15 is 0 Å². The molecule has 0 radical (unpaired) electrons. The third kappa shape index (κ3) is 1.21. The lowest BCUT2D eigenvalue weighted by Gasteiger charge is -1.88. The van der Waals surface area contributed by atoms with Crippen molar-refractivity contribution in [3.05, 3.63) is 28.5 Å². The molecular weight excluding hydrogens is 182 g/mol. The van der Waals surface area contributed by atoms with Crippen molar-refractivity contribution >= 4 is 15.9 Å². The summed E-state index contributed by atoms with van der Waals surface area (Å²) >= 11 is 3.19. The number of aryl methyl sites for hydroxylation is 1. The van der Waals surface area contributed by atoms with Crippen LogP contribution in [0.25, 0.3) is 0 Å². The Morgan fingerprint density at radius 3 is 2.78 bits per heavy atom. The Balaban J connectivity index is 3.25. The molecule has 0 saturated heterocycles. The fourth-order valence-corrected chi connectivity index (χ4v) is 0.834. The lowest BCUT2D eigenvalue weighted by Crippen LogP contribution is -2.31. The second kappa shape index (κ2) is 2.35. The molecule has 0 aliphatic rings. The van der Waals surface area contributed by atoms with Crippen LogP contribution in [0.5, 0.6) is 0 Å². The molecular formula is C6H7BrNO+. The van der Waals surface area contributed by atoms with E-state index in [1.165, 1.54) is 0 Å². The first-order valence-corrected chi connectivity index (χ1v) is 3.37. The van der Waals surface area contributed by atoms with Crippen molar-refractivity contribution in [1.29, 1.82) is 0 Å². The topological polar surface area (TPSA) is 24.1 Å². The van der Waals surface area contributed by atoms with Gasteiger partial charge in [0.15, 0.2) is 0 Å². The first kappa shape index (κ1) is 6.55. The molecule has 1 aromatic rings. The zero-order valence-electron chi connectivity index (χ0n) is 5.00. The van der Waals surface area contributed by atoms with Crippen LogP contribution in [0.2, 0.25) is 0 Å². The maximum atomic E-state index is 8.97. The van der Waals surface area contributed by atoms with Crippen LogP contribution >= 0.6 is 15.9 Å². The van der Waals surface area contributed by atoms with Crippen molar-refractivity contribution in [1.82, 2.24) is 0 Å². The molecule has 1 rings (SSSR count). The van der Waals surface area contributed by atoms with Crippen LogP contribution in [0.4, 0.5) is 0 Å². The number of pyridine rings is 1. The minimum atomic E-state index is 0.699. The Labute approximate surface area is 61.8 Å². The first-order valence-electron chi connectivity index (χ1n) is 2.58. The van der Waals surface area contributed by atoms with Gasteiger partial charge in [-0.3, -0.25) is 5.21 Å². The summed E-state index contributed by atoms with van der Waals surface area (Å²) in [4.78, 5) is 0. The summed E-state index contributed by atoms with van der Waals surface area (Å²) in [6, 6.07) is 3.69. The van der Waals surface area contributed by atoms with E-state index in [1.54, 1.807) is 12.3 Å². The second-order valence-corrected chi connectivity index (χ2v) is 2.58. The fraction of sp³-hybridized carbons (Fsp3) is 0.167. The summed E-state index contributed by atoms with van der Waals surface area (Å²) in [6.07, 6.45) is 1.57. The predicted molar refractivity (Wildman–Crippen MR) is 36.3 cm³/mol. The second-order valence-electron chi connectivity index (χ2n) is 1.83. The Bertz CT molecular complexity index is 204. The van der Waals surface area contributed by atoms with Crippen molar-refractivity contribution in [2.45, 2.75) is 6.92 Å². The SMILES string of the molecule is Cc1ccc[n+](O)c1Br. The monoisotopic (exact) mass is 188 g/mol. The number of hydrogen-bond donors (Lipinski definition) is 1. The summed E-state index contributed by atoms with van der Waals surface area (Å²) in [7, 11) is 0. The molecule has 0 saturated carbocycles. The Kier molecular flexibility index (Phi) is 1.71. The molecule has 0 fully saturated rings. The van der Waals surface area contributed by atoms with Gasteiger partial charge < -0.3 is 0 Å². The summed E-state index contributed by atoms with van der Waals surface area (Å²) in [5.74, 6) is 0. The molecule has 0 spiro atoms. The first-order chi connectivity index (χ1) is 4.22. The van der Waals surface area contributed by atoms with Crippen LogP contribution in [0, 0.1) is 6.92 Å². The van der Waals surface area contributed by atoms with Gasteiger partial charge in [0.2, 0.25) is 6.20 Å². The van der Waals surface area contributed by atoms with E-state index in [1.807, 2.05) is 13.0 Å². The highest BCUT2D eigenvalue weighted by Crippen LogP contribution is 2.07. The lowest BCUT2D eigenvalue weighted by atomic mass is 10.3. The van der Waals surface area contributed by atoms with E-state index in [-0.39, 0.29) is 0 Å². The van der Waals surface area contributed by atoms with Gasteiger partial charge in [0.1, 0.15) is 0 Å². The summed E-state index contributed by atoms with van der Waals surface area (Å²) in [5, 5.41) is 8.97. The van der Waals surface area contributed by atoms with Crippen LogP contribution in [0.1, 0.15) is 5.56 Å². The Morgan fingerprint density at radius 2 is 2.33 bits per heavy atom. The van der Waals surface area contributed by atoms with Gasteiger partial charge >= 0.3 is 4.60 Å². The predicted octanol–water partition coefficient (Wildman–Crippen LogP) is 1.28. The number of aromatic nitrogens is 1. The van der Waals surface area contributed by atoms with Gasteiger partial charge in [-0.05, 0) is 13.0 Å². The highest BCUT2D eigenvalue weighted by molar-refractivity contribution is 9.10. The fourth-order valence-electron chi connectivity index (χ4n) is 0.584. The number of rotatable bonds is 0. The van der Waals surface area contributed by atoms with Gasteiger partial charge in [0.25, 0.3) is 0 Å². The normalized spacial score (nSPS) is 9.56. The molecule has 1 aromatic heterocycles. The van der Waals surface area contributed by atoms with Crippen LogP contribution in [-0.4, -0.2) is 5.21 Å². The average Bonchev–Trinajstić information content (AvgIpc) is 1.83. The Hall–Kier alpha value is -0.570. The van der Waals surface area contributed by atoms with Gasteiger partial charge in [0.05, 0.1) is 0 Å². The van der Waals surface area contributed by atoms with E-state index in [9.17, 15) is 0 Å². The van der Waals surface area contributed by atoms with Crippen LogP contribution in [0.15, 0.2) is 22.9 Å². The Morgan fingerprint density at radius 1 is 1.67 bits per heavy atom. The van der Waals surface area contributed by atoms with Gasteiger partial charge in [-0.15, -0.1) is 0 Å². The van der Waals surface area contributed by atoms with Crippen molar-refractivity contribution in [3.8, 4) is 0 Å². The largest absolute Gasteiger partial charge is 0.301 e. The lowest BCUT2D eigenvalue weighted by molar-refractivity contribution is -0.913. The van der Waals surface area contributed by atoms with Gasteiger partial charge in [-0.1, -0.05) is 0 Å². The maximum absolute atomic E-state index is 8.97. The van der Waals surface area contributed by atoms with E-state index in [2.05, 4.69) is 15.9 Å². The molecule has 3 heteroatoms. The summed E-state index contributed by atoms with van der Waals surface area (Å²) in [5.41, 5.74) is 1.01. The highest BCUT2D eigenvalue weighted by Gasteiger charge is 2.06. The standard InChI is InChI=1S/C6H7BrNO/c1-5-3-2-4-8(9)6(5)7/h2-4,9H,1H3/q+1. The van der Waals surface area contributed by atoms with Crippen LogP contribution in [-0.2, 0) is 0 Å². The van der Waals surface area contributed by atoms with E-state index in [0.717, 1.165) is 10.3 Å². The molecule has 2 nitrogen and oxygen atoms in total. The van der Waals surface area contributed by atoms with Crippen molar-refractivity contribution in [2.24, 2.45) is 0 Å². The van der Waals surface area contributed by atoms with E-state index in [0.29, 0.717) is 4.60 Å². The minimum Gasteiger partial charge on any atom is -0.284 e. The molecule has 0 aliphatic heterocycles. The molecule has 0 amide bonds.